The molecule has 0 aliphatic carbocycles. The Morgan fingerprint density at radius 2 is 2.04 bits per heavy atom. The molecule has 1 atom stereocenters. The zero-order valence-electron chi connectivity index (χ0n) is 14.5. The van der Waals surface area contributed by atoms with E-state index >= 15 is 0 Å². The summed E-state index contributed by atoms with van der Waals surface area (Å²) in [7, 11) is 0. The number of likely N-dealkylation sites (tertiary alicyclic amines) is 1. The molecule has 0 bridgehead atoms. The summed E-state index contributed by atoms with van der Waals surface area (Å²) in [5.41, 5.74) is 1.90. The maximum Gasteiger partial charge on any atom is 0.239 e. The van der Waals surface area contributed by atoms with E-state index in [9.17, 15) is 9.59 Å². The highest BCUT2D eigenvalue weighted by molar-refractivity contribution is 9.10. The van der Waals surface area contributed by atoms with Gasteiger partial charge in [-0.3, -0.25) is 14.5 Å². The molecule has 1 unspecified atom stereocenters. The number of carbonyl (C=O) groups is 2. The van der Waals surface area contributed by atoms with Crippen LogP contribution in [0.4, 0.5) is 5.69 Å². The number of halogens is 1. The number of aryl methyl sites for hydroxylation is 1. The first kappa shape index (κ1) is 18.7. The van der Waals surface area contributed by atoms with Gasteiger partial charge in [-0.1, -0.05) is 6.07 Å². The minimum absolute atomic E-state index is 0.0709. The summed E-state index contributed by atoms with van der Waals surface area (Å²) in [4.78, 5) is 29.2. The molecule has 25 heavy (non-hydrogen) atoms. The Bertz CT molecular complexity index is 649. The van der Waals surface area contributed by atoms with Crippen LogP contribution in [0.15, 0.2) is 22.7 Å². The molecule has 2 saturated heterocycles. The Kier molecular flexibility index (Phi) is 6.41. The van der Waals surface area contributed by atoms with E-state index in [0.717, 1.165) is 59.7 Å². The number of carbonyl (C=O) groups excluding carboxylic acids is 2. The molecule has 3 rings (SSSR count). The van der Waals surface area contributed by atoms with Crippen molar-refractivity contribution in [3.63, 3.8) is 0 Å². The smallest absolute Gasteiger partial charge is 0.239 e. The van der Waals surface area contributed by atoms with Gasteiger partial charge in [0.05, 0.1) is 18.3 Å². The summed E-state index contributed by atoms with van der Waals surface area (Å²) >= 11 is 5.38. The Hall–Kier alpha value is -1.05. The van der Waals surface area contributed by atoms with Gasteiger partial charge in [-0.15, -0.1) is 0 Å². The van der Waals surface area contributed by atoms with E-state index in [-0.39, 0.29) is 24.4 Å². The highest BCUT2D eigenvalue weighted by Crippen LogP contribution is 2.24. The largest absolute Gasteiger partial charge is 0.340 e. The van der Waals surface area contributed by atoms with E-state index < -0.39 is 0 Å². The van der Waals surface area contributed by atoms with Gasteiger partial charge in [0.25, 0.3) is 0 Å². The molecular weight excluding hydrogens is 402 g/mol. The van der Waals surface area contributed by atoms with E-state index in [0.29, 0.717) is 0 Å². The lowest BCUT2D eigenvalue weighted by Gasteiger charge is -2.32. The molecule has 136 valence electrons. The third kappa shape index (κ3) is 4.77. The summed E-state index contributed by atoms with van der Waals surface area (Å²) in [6.07, 6.45) is 1.82. The highest BCUT2D eigenvalue weighted by atomic mass is 79.9. The number of hydrogen-bond acceptors (Lipinski definition) is 4. The van der Waals surface area contributed by atoms with Crippen LogP contribution in [0.1, 0.15) is 18.4 Å². The third-order valence-corrected chi connectivity index (χ3v) is 6.32. The van der Waals surface area contributed by atoms with Gasteiger partial charge in [0, 0.05) is 29.1 Å². The number of nitrogens with zero attached hydrogens (tertiary/aromatic N) is 2. The Labute approximate surface area is 161 Å². The van der Waals surface area contributed by atoms with Crippen molar-refractivity contribution < 1.29 is 9.59 Å². The van der Waals surface area contributed by atoms with Crippen LogP contribution in [-0.4, -0.2) is 65.3 Å². The molecule has 1 N–H and O–H groups in total. The zero-order chi connectivity index (χ0) is 17.8. The van der Waals surface area contributed by atoms with Crippen LogP contribution in [0.2, 0.25) is 0 Å². The maximum absolute atomic E-state index is 12.8. The SMILES string of the molecule is Cc1ccc(NC(=O)CN2CCCC2C(=O)N2CCSCC2)c(Br)c1. The van der Waals surface area contributed by atoms with Gasteiger partial charge in [0.2, 0.25) is 11.8 Å². The van der Waals surface area contributed by atoms with Crippen molar-refractivity contribution in [1.82, 2.24) is 9.80 Å². The summed E-state index contributed by atoms with van der Waals surface area (Å²) in [6.45, 7) is 4.74. The lowest BCUT2D eigenvalue weighted by molar-refractivity contribution is -0.136. The second kappa shape index (κ2) is 8.56. The summed E-state index contributed by atoms with van der Waals surface area (Å²) in [5.74, 6) is 2.15. The Balaban J connectivity index is 1.58. The van der Waals surface area contributed by atoms with Crippen LogP contribution in [0.25, 0.3) is 0 Å². The molecular formula is C18H24BrN3O2S. The van der Waals surface area contributed by atoms with Crippen LogP contribution < -0.4 is 5.32 Å². The summed E-state index contributed by atoms with van der Waals surface area (Å²) < 4.78 is 0.876. The first-order valence-electron chi connectivity index (χ1n) is 8.71. The fourth-order valence-electron chi connectivity index (χ4n) is 3.39. The van der Waals surface area contributed by atoms with Crippen molar-refractivity contribution in [1.29, 1.82) is 0 Å². The van der Waals surface area contributed by atoms with Gasteiger partial charge in [0.1, 0.15) is 0 Å². The summed E-state index contributed by atoms with van der Waals surface area (Å²) in [5, 5.41) is 2.95. The van der Waals surface area contributed by atoms with E-state index in [4.69, 9.17) is 0 Å². The number of nitrogens with one attached hydrogen (secondary N) is 1. The number of amides is 2. The molecule has 0 aromatic heterocycles. The predicted octanol–water partition coefficient (Wildman–Crippen LogP) is 2.74. The van der Waals surface area contributed by atoms with Crippen LogP contribution in [-0.2, 0) is 9.59 Å². The molecule has 0 saturated carbocycles. The second-order valence-electron chi connectivity index (χ2n) is 6.60. The fourth-order valence-corrected chi connectivity index (χ4v) is 4.88. The van der Waals surface area contributed by atoms with E-state index in [1.165, 1.54) is 0 Å². The number of anilines is 1. The zero-order valence-corrected chi connectivity index (χ0v) is 16.9. The number of benzene rings is 1. The molecule has 1 aromatic carbocycles. The van der Waals surface area contributed by atoms with Gasteiger partial charge in [-0.05, 0) is 59.9 Å². The molecule has 0 radical (unpaired) electrons. The van der Waals surface area contributed by atoms with Crippen LogP contribution in [0.5, 0.6) is 0 Å². The topological polar surface area (TPSA) is 52.7 Å². The molecule has 2 heterocycles. The lowest BCUT2D eigenvalue weighted by Crippen LogP contribution is -2.49. The van der Waals surface area contributed by atoms with Crippen molar-refractivity contribution in [3.8, 4) is 0 Å². The first-order chi connectivity index (χ1) is 12.0. The van der Waals surface area contributed by atoms with Gasteiger partial charge < -0.3 is 10.2 Å². The number of rotatable bonds is 4. The molecule has 0 spiro atoms. The van der Waals surface area contributed by atoms with E-state index in [2.05, 4.69) is 21.2 Å². The van der Waals surface area contributed by atoms with Gasteiger partial charge in [-0.2, -0.15) is 11.8 Å². The molecule has 7 heteroatoms. The van der Waals surface area contributed by atoms with Crippen LogP contribution in [0.3, 0.4) is 0 Å². The molecule has 2 amide bonds. The van der Waals surface area contributed by atoms with Crippen molar-refractivity contribution in [3.05, 3.63) is 28.2 Å². The molecule has 2 aliphatic rings. The average Bonchev–Trinajstić information content (AvgIpc) is 3.05. The minimum atomic E-state index is -0.143. The normalized spacial score (nSPS) is 21.4. The fraction of sp³-hybridized carbons (Fsp3) is 0.556. The predicted molar refractivity (Wildman–Crippen MR) is 106 cm³/mol. The third-order valence-electron chi connectivity index (χ3n) is 4.72. The number of hydrogen-bond donors (Lipinski definition) is 1. The van der Waals surface area contributed by atoms with Crippen molar-refractivity contribution in [2.24, 2.45) is 0 Å². The average molecular weight is 426 g/mol. The molecule has 5 nitrogen and oxygen atoms in total. The van der Waals surface area contributed by atoms with Crippen molar-refractivity contribution >= 4 is 45.2 Å². The second-order valence-corrected chi connectivity index (χ2v) is 8.68. The quantitative estimate of drug-likeness (QED) is 0.805. The first-order valence-corrected chi connectivity index (χ1v) is 10.7. The Morgan fingerprint density at radius 3 is 2.76 bits per heavy atom. The minimum Gasteiger partial charge on any atom is -0.340 e. The van der Waals surface area contributed by atoms with Crippen LogP contribution >= 0.6 is 27.7 Å². The van der Waals surface area contributed by atoms with Crippen LogP contribution in [0, 0.1) is 6.92 Å². The monoisotopic (exact) mass is 425 g/mol. The molecule has 2 aliphatic heterocycles. The standard InChI is InChI=1S/C18H24BrN3O2S/c1-13-4-5-15(14(19)11-13)20-17(23)12-22-6-2-3-16(22)18(24)21-7-9-25-10-8-21/h4-5,11,16H,2-3,6-10,12H2,1H3,(H,20,23). The van der Waals surface area contributed by atoms with Crippen molar-refractivity contribution in [2.45, 2.75) is 25.8 Å². The lowest BCUT2D eigenvalue weighted by atomic mass is 10.2. The Morgan fingerprint density at radius 1 is 1.28 bits per heavy atom. The molecule has 2 fully saturated rings. The summed E-state index contributed by atoms with van der Waals surface area (Å²) in [6, 6.07) is 5.70. The maximum atomic E-state index is 12.8. The van der Waals surface area contributed by atoms with Gasteiger partial charge >= 0.3 is 0 Å². The highest BCUT2D eigenvalue weighted by Gasteiger charge is 2.35. The van der Waals surface area contributed by atoms with Crippen molar-refractivity contribution in [2.75, 3.05) is 43.0 Å². The van der Waals surface area contributed by atoms with Gasteiger partial charge in [-0.25, -0.2) is 0 Å². The van der Waals surface area contributed by atoms with Gasteiger partial charge in [0.15, 0.2) is 0 Å². The van der Waals surface area contributed by atoms with E-state index in [1.54, 1.807) is 0 Å². The molecule has 1 aromatic rings. The number of thioether (sulfide) groups is 1. The van der Waals surface area contributed by atoms with E-state index in [1.807, 2.05) is 46.7 Å².